The number of esters is 1. The third-order valence-electron chi connectivity index (χ3n) is 5.86. The number of methoxy groups -OCH3 is 1. The number of pyridine rings is 1. The summed E-state index contributed by atoms with van der Waals surface area (Å²) in [5.74, 6) is -0.505. The molecule has 0 spiro atoms. The first-order chi connectivity index (χ1) is 15.2. The summed E-state index contributed by atoms with van der Waals surface area (Å²) in [6, 6.07) is 10.8. The van der Waals surface area contributed by atoms with Gasteiger partial charge in [-0.25, -0.2) is 0 Å². The van der Waals surface area contributed by atoms with Crippen LogP contribution in [-0.4, -0.2) is 54.2 Å². The summed E-state index contributed by atoms with van der Waals surface area (Å²) >= 11 is 3.46. The third kappa shape index (κ3) is 5.75. The molecule has 0 bridgehead atoms. The van der Waals surface area contributed by atoms with Crippen molar-refractivity contribution in [1.82, 2.24) is 13.6 Å². The molecule has 2 heterocycles. The van der Waals surface area contributed by atoms with Crippen LogP contribution in [0.1, 0.15) is 43.7 Å². The van der Waals surface area contributed by atoms with Crippen LogP contribution in [0.3, 0.4) is 0 Å². The topological polar surface area (TPSA) is 79.8 Å². The van der Waals surface area contributed by atoms with Gasteiger partial charge in [-0.2, -0.15) is 17.0 Å². The molecule has 1 atom stereocenters. The highest BCUT2D eigenvalue weighted by Gasteiger charge is 2.42. The zero-order valence-electron chi connectivity index (χ0n) is 18.6. The summed E-state index contributed by atoms with van der Waals surface area (Å²) in [4.78, 5) is 16.7. The Morgan fingerprint density at radius 1 is 1.22 bits per heavy atom. The van der Waals surface area contributed by atoms with Crippen molar-refractivity contribution in [2.75, 3.05) is 20.2 Å². The maximum Gasteiger partial charge on any atom is 0.324 e. The Morgan fingerprint density at radius 2 is 1.88 bits per heavy atom. The van der Waals surface area contributed by atoms with Gasteiger partial charge in [0.2, 0.25) is 0 Å². The van der Waals surface area contributed by atoms with Gasteiger partial charge in [-0.1, -0.05) is 48.0 Å². The van der Waals surface area contributed by atoms with Gasteiger partial charge in [-0.15, -0.1) is 0 Å². The highest BCUT2D eigenvalue weighted by Crippen LogP contribution is 2.32. The molecule has 0 radical (unpaired) electrons. The predicted molar refractivity (Wildman–Crippen MR) is 127 cm³/mol. The standard InChI is InChI=1S/C23H30BrN3O4S/c1-17(2)22(23(28)31-3)27(16-18-5-4-12-25-15-18)32(29,30)26-13-10-20(11-14-26)19-6-8-21(24)9-7-19/h4-9,12,15,17,20,22H,10-11,13-14,16H2,1-3H3/t22-/m1/s1. The quantitative estimate of drug-likeness (QED) is 0.489. The highest BCUT2D eigenvalue weighted by molar-refractivity contribution is 9.10. The fourth-order valence-corrected chi connectivity index (χ4v) is 6.30. The number of halogens is 1. The average Bonchev–Trinajstić information content (AvgIpc) is 2.79. The lowest BCUT2D eigenvalue weighted by molar-refractivity contribution is -0.147. The SMILES string of the molecule is COC(=O)[C@@H](C(C)C)N(Cc1cccnc1)S(=O)(=O)N1CCC(c2ccc(Br)cc2)CC1. The maximum atomic E-state index is 13.8. The van der Waals surface area contributed by atoms with Gasteiger partial charge >= 0.3 is 5.97 Å². The van der Waals surface area contributed by atoms with Crippen LogP contribution in [-0.2, 0) is 26.3 Å². The number of hydrogen-bond donors (Lipinski definition) is 0. The fraction of sp³-hybridized carbons (Fsp3) is 0.478. The Kier molecular flexibility index (Phi) is 8.43. The van der Waals surface area contributed by atoms with Gasteiger partial charge in [-0.3, -0.25) is 9.78 Å². The van der Waals surface area contributed by atoms with E-state index in [9.17, 15) is 13.2 Å². The van der Waals surface area contributed by atoms with Crippen LogP contribution < -0.4 is 0 Å². The van der Waals surface area contributed by atoms with Gasteiger partial charge in [0.25, 0.3) is 10.2 Å². The van der Waals surface area contributed by atoms with E-state index in [0.29, 0.717) is 19.0 Å². The van der Waals surface area contributed by atoms with Gasteiger partial charge in [0, 0.05) is 36.5 Å². The van der Waals surface area contributed by atoms with Gasteiger partial charge in [-0.05, 0) is 54.0 Å². The first-order valence-corrected chi connectivity index (χ1v) is 12.9. The zero-order valence-corrected chi connectivity index (χ0v) is 21.0. The molecule has 3 rings (SSSR count). The van der Waals surface area contributed by atoms with Gasteiger partial charge in [0.05, 0.1) is 7.11 Å². The lowest BCUT2D eigenvalue weighted by Crippen LogP contribution is -2.54. The van der Waals surface area contributed by atoms with Crippen molar-refractivity contribution in [3.05, 3.63) is 64.4 Å². The number of aromatic nitrogens is 1. The number of hydrogen-bond acceptors (Lipinski definition) is 5. The van der Waals surface area contributed by atoms with E-state index >= 15 is 0 Å². The van der Waals surface area contributed by atoms with Crippen LogP contribution in [0.25, 0.3) is 0 Å². The van der Waals surface area contributed by atoms with Crippen LogP contribution in [0, 0.1) is 5.92 Å². The van der Waals surface area contributed by atoms with E-state index in [-0.39, 0.29) is 12.5 Å². The molecule has 1 aromatic carbocycles. The molecule has 1 aliphatic heterocycles. The lowest BCUT2D eigenvalue weighted by atomic mass is 9.90. The number of piperidine rings is 1. The Balaban J connectivity index is 1.84. The normalized spacial score (nSPS) is 16.9. The van der Waals surface area contributed by atoms with Gasteiger partial charge in [0.1, 0.15) is 6.04 Å². The molecule has 2 aromatic rings. The summed E-state index contributed by atoms with van der Waals surface area (Å²) in [6.45, 7) is 4.51. The van der Waals surface area contributed by atoms with Gasteiger partial charge in [0.15, 0.2) is 0 Å². The second kappa shape index (κ2) is 10.9. The van der Waals surface area contributed by atoms with Crippen molar-refractivity contribution in [3.8, 4) is 0 Å². The molecule has 32 heavy (non-hydrogen) atoms. The maximum absolute atomic E-state index is 13.8. The number of carbonyl (C=O) groups is 1. The van der Waals surface area contributed by atoms with Crippen molar-refractivity contribution < 1.29 is 17.9 Å². The van der Waals surface area contributed by atoms with E-state index < -0.39 is 22.2 Å². The molecule has 0 amide bonds. The largest absolute Gasteiger partial charge is 0.468 e. The van der Waals surface area contributed by atoms with Crippen LogP contribution >= 0.6 is 15.9 Å². The smallest absolute Gasteiger partial charge is 0.324 e. The van der Waals surface area contributed by atoms with Crippen molar-refractivity contribution in [1.29, 1.82) is 0 Å². The molecular weight excluding hydrogens is 494 g/mol. The predicted octanol–water partition coefficient (Wildman–Crippen LogP) is 3.97. The van der Waals surface area contributed by atoms with E-state index in [1.807, 2.05) is 32.0 Å². The van der Waals surface area contributed by atoms with E-state index in [1.54, 1.807) is 18.5 Å². The monoisotopic (exact) mass is 523 g/mol. The first-order valence-electron chi connectivity index (χ1n) is 10.7. The third-order valence-corrected chi connectivity index (χ3v) is 8.36. The van der Waals surface area contributed by atoms with Gasteiger partial charge < -0.3 is 4.74 Å². The Morgan fingerprint density at radius 3 is 2.41 bits per heavy atom. The summed E-state index contributed by atoms with van der Waals surface area (Å²) < 4.78 is 36.3. The number of carbonyl (C=O) groups excluding carboxylic acids is 1. The van der Waals surface area contributed by atoms with Crippen molar-refractivity contribution in [2.45, 2.75) is 45.2 Å². The molecule has 1 fully saturated rings. The van der Waals surface area contributed by atoms with Crippen LogP contribution in [0.2, 0.25) is 0 Å². The zero-order chi connectivity index (χ0) is 23.3. The first kappa shape index (κ1) is 24.8. The summed E-state index contributed by atoms with van der Waals surface area (Å²) in [7, 11) is -2.62. The summed E-state index contributed by atoms with van der Waals surface area (Å²) in [5, 5.41) is 0. The van der Waals surface area contributed by atoms with Crippen molar-refractivity contribution in [3.63, 3.8) is 0 Å². The van der Waals surface area contributed by atoms with Crippen LogP contribution in [0.4, 0.5) is 0 Å². The van der Waals surface area contributed by atoms with Crippen LogP contribution in [0.5, 0.6) is 0 Å². The molecule has 0 unspecified atom stereocenters. The number of ether oxygens (including phenoxy) is 1. The van der Waals surface area contributed by atoms with E-state index in [0.717, 1.165) is 22.9 Å². The Hall–Kier alpha value is -1.81. The fourth-order valence-electron chi connectivity index (χ4n) is 4.14. The minimum absolute atomic E-state index is 0.0563. The number of nitrogens with zero attached hydrogens (tertiary/aromatic N) is 3. The second-order valence-corrected chi connectivity index (χ2v) is 11.1. The summed E-state index contributed by atoms with van der Waals surface area (Å²) in [6.07, 6.45) is 4.71. The molecule has 174 valence electrons. The molecule has 7 nitrogen and oxygen atoms in total. The highest BCUT2D eigenvalue weighted by atomic mass is 79.9. The second-order valence-electron chi connectivity index (χ2n) is 8.35. The van der Waals surface area contributed by atoms with Crippen molar-refractivity contribution >= 4 is 32.1 Å². The molecular formula is C23H30BrN3O4S. The van der Waals surface area contributed by atoms with Crippen molar-refractivity contribution in [2.24, 2.45) is 5.92 Å². The van der Waals surface area contributed by atoms with E-state index in [1.165, 1.54) is 21.3 Å². The molecule has 1 aliphatic rings. The molecule has 1 saturated heterocycles. The number of benzene rings is 1. The van der Waals surface area contributed by atoms with E-state index in [2.05, 4.69) is 33.0 Å². The van der Waals surface area contributed by atoms with E-state index in [4.69, 9.17) is 4.74 Å². The molecule has 0 saturated carbocycles. The minimum Gasteiger partial charge on any atom is -0.468 e. The molecule has 0 aliphatic carbocycles. The lowest BCUT2D eigenvalue weighted by Gasteiger charge is -2.38. The summed E-state index contributed by atoms with van der Waals surface area (Å²) in [5.41, 5.74) is 1.93. The Bertz CT molecular complexity index is 992. The van der Waals surface area contributed by atoms with Crippen LogP contribution in [0.15, 0.2) is 53.3 Å². The Labute approximate surface area is 199 Å². The average molecular weight is 524 g/mol. The molecule has 9 heteroatoms. The number of rotatable bonds is 8. The molecule has 0 N–H and O–H groups in total. The minimum atomic E-state index is -3.90. The molecule has 1 aromatic heterocycles.